The van der Waals surface area contributed by atoms with Crippen LogP contribution in [0.5, 0.6) is 0 Å². The lowest BCUT2D eigenvalue weighted by Gasteiger charge is -2.26. The predicted octanol–water partition coefficient (Wildman–Crippen LogP) is 0.831. The molecule has 0 aromatic heterocycles. The quantitative estimate of drug-likeness (QED) is 0.793. The van der Waals surface area contributed by atoms with Gasteiger partial charge in [-0.25, -0.2) is 9.59 Å². The zero-order valence-electron chi connectivity index (χ0n) is 8.84. The van der Waals surface area contributed by atoms with Crippen LogP contribution in [0, 0.1) is 0 Å². The molecule has 0 atom stereocenters. The van der Waals surface area contributed by atoms with Crippen LogP contribution >= 0.6 is 0 Å². The minimum absolute atomic E-state index is 0.104. The largest absolute Gasteiger partial charge is 0.478 e. The highest BCUT2D eigenvalue weighted by Gasteiger charge is 2.24. The lowest BCUT2D eigenvalue weighted by Crippen LogP contribution is -2.49. The summed E-state index contributed by atoms with van der Waals surface area (Å²) >= 11 is 0. The van der Waals surface area contributed by atoms with Crippen molar-refractivity contribution < 1.29 is 19.5 Å². The average Bonchev–Trinajstić information content (AvgIpc) is 2.29. The second-order valence-corrected chi connectivity index (χ2v) is 3.61. The Morgan fingerprint density at radius 2 is 2.12 bits per heavy atom. The number of carboxylic acid groups (broad SMARTS) is 1. The van der Waals surface area contributed by atoms with E-state index in [1.807, 2.05) is 0 Å². The maximum Gasteiger partial charge on any atom is 0.335 e. The molecule has 6 heteroatoms. The van der Waals surface area contributed by atoms with Gasteiger partial charge in [0.2, 0.25) is 5.91 Å². The fourth-order valence-corrected chi connectivity index (χ4v) is 1.62. The molecule has 2 rings (SSSR count). The Morgan fingerprint density at radius 1 is 1.35 bits per heavy atom. The Kier molecular flexibility index (Phi) is 2.78. The van der Waals surface area contributed by atoms with Gasteiger partial charge in [0.05, 0.1) is 5.56 Å². The first-order chi connectivity index (χ1) is 8.08. The summed E-state index contributed by atoms with van der Waals surface area (Å²) in [7, 11) is 0. The van der Waals surface area contributed by atoms with Crippen LogP contribution in [0.4, 0.5) is 10.5 Å². The van der Waals surface area contributed by atoms with Crippen LogP contribution in [0.15, 0.2) is 24.3 Å². The van der Waals surface area contributed by atoms with Crippen molar-refractivity contribution in [2.45, 2.75) is 6.42 Å². The summed E-state index contributed by atoms with van der Waals surface area (Å²) in [5, 5.41) is 11.0. The summed E-state index contributed by atoms with van der Waals surface area (Å²) in [6, 6.07) is 5.50. The van der Waals surface area contributed by atoms with Crippen molar-refractivity contribution in [3.63, 3.8) is 0 Å². The van der Waals surface area contributed by atoms with Crippen LogP contribution in [0.1, 0.15) is 16.8 Å². The van der Waals surface area contributed by atoms with Crippen molar-refractivity contribution >= 4 is 23.6 Å². The molecule has 6 nitrogen and oxygen atoms in total. The van der Waals surface area contributed by atoms with Crippen LogP contribution in [0.2, 0.25) is 0 Å². The van der Waals surface area contributed by atoms with Crippen molar-refractivity contribution in [3.8, 4) is 0 Å². The highest BCUT2D eigenvalue weighted by Crippen LogP contribution is 2.18. The molecule has 1 aliphatic heterocycles. The van der Waals surface area contributed by atoms with Crippen LogP contribution in [0.25, 0.3) is 0 Å². The number of benzene rings is 1. The summed E-state index contributed by atoms with van der Waals surface area (Å²) in [5.74, 6) is -1.37. The molecule has 3 amide bonds. The Morgan fingerprint density at radius 3 is 2.76 bits per heavy atom. The normalized spacial score (nSPS) is 15.6. The van der Waals surface area contributed by atoms with Crippen molar-refractivity contribution in [1.29, 1.82) is 0 Å². The molecule has 1 aromatic carbocycles. The number of aromatic carboxylic acids is 1. The van der Waals surface area contributed by atoms with Gasteiger partial charge in [-0.15, -0.1) is 0 Å². The van der Waals surface area contributed by atoms with E-state index in [1.165, 1.54) is 17.0 Å². The molecule has 0 unspecified atom stereocenters. The van der Waals surface area contributed by atoms with E-state index in [9.17, 15) is 14.4 Å². The van der Waals surface area contributed by atoms with Gasteiger partial charge in [0, 0.05) is 18.7 Å². The van der Waals surface area contributed by atoms with Gasteiger partial charge in [-0.1, -0.05) is 6.07 Å². The molecule has 0 saturated carbocycles. The lowest BCUT2D eigenvalue weighted by atomic mass is 10.1. The van der Waals surface area contributed by atoms with Gasteiger partial charge in [-0.3, -0.25) is 15.0 Å². The predicted molar refractivity (Wildman–Crippen MR) is 58.9 cm³/mol. The van der Waals surface area contributed by atoms with Crippen LogP contribution in [-0.2, 0) is 4.79 Å². The molecule has 88 valence electrons. The van der Waals surface area contributed by atoms with Gasteiger partial charge < -0.3 is 5.11 Å². The van der Waals surface area contributed by atoms with E-state index in [2.05, 4.69) is 5.32 Å². The number of hydrogen-bond acceptors (Lipinski definition) is 3. The molecule has 0 radical (unpaired) electrons. The van der Waals surface area contributed by atoms with E-state index in [-0.39, 0.29) is 24.4 Å². The van der Waals surface area contributed by atoms with Crippen molar-refractivity contribution in [2.24, 2.45) is 0 Å². The number of imide groups is 1. The molecule has 17 heavy (non-hydrogen) atoms. The fraction of sp³-hybridized carbons (Fsp3) is 0.182. The number of carboxylic acids is 1. The highest BCUT2D eigenvalue weighted by molar-refractivity contribution is 6.06. The van der Waals surface area contributed by atoms with Gasteiger partial charge in [0.25, 0.3) is 0 Å². The third kappa shape index (κ3) is 2.25. The second kappa shape index (κ2) is 4.25. The first-order valence-electron chi connectivity index (χ1n) is 5.02. The van der Waals surface area contributed by atoms with E-state index in [0.29, 0.717) is 5.69 Å². The molecule has 1 heterocycles. The molecule has 1 saturated heterocycles. The van der Waals surface area contributed by atoms with E-state index < -0.39 is 12.0 Å². The summed E-state index contributed by atoms with van der Waals surface area (Å²) < 4.78 is 0. The summed E-state index contributed by atoms with van der Waals surface area (Å²) in [6.45, 7) is 0.258. The SMILES string of the molecule is O=C1CCN(c2cccc(C(=O)O)c2)C(=O)N1. The number of rotatable bonds is 2. The minimum atomic E-state index is -1.06. The maximum atomic E-state index is 11.5. The third-order valence-corrected chi connectivity index (χ3v) is 2.46. The number of nitrogens with zero attached hydrogens (tertiary/aromatic N) is 1. The Hall–Kier alpha value is -2.37. The van der Waals surface area contributed by atoms with Crippen LogP contribution < -0.4 is 10.2 Å². The number of carbonyl (C=O) groups excluding carboxylic acids is 2. The van der Waals surface area contributed by atoms with E-state index in [1.54, 1.807) is 12.1 Å². The monoisotopic (exact) mass is 234 g/mol. The van der Waals surface area contributed by atoms with Crippen molar-refractivity contribution in [3.05, 3.63) is 29.8 Å². The smallest absolute Gasteiger partial charge is 0.335 e. The topological polar surface area (TPSA) is 86.7 Å². The number of carbonyl (C=O) groups is 3. The molecule has 0 bridgehead atoms. The van der Waals surface area contributed by atoms with E-state index >= 15 is 0 Å². The van der Waals surface area contributed by atoms with Crippen LogP contribution in [-0.4, -0.2) is 29.6 Å². The third-order valence-electron chi connectivity index (χ3n) is 2.46. The molecule has 1 aliphatic rings. The number of anilines is 1. The van der Waals surface area contributed by atoms with Gasteiger partial charge in [0.1, 0.15) is 0 Å². The van der Waals surface area contributed by atoms with Crippen molar-refractivity contribution in [2.75, 3.05) is 11.4 Å². The Labute approximate surface area is 96.8 Å². The number of nitrogens with one attached hydrogen (secondary N) is 1. The Balaban J connectivity index is 2.28. The number of urea groups is 1. The lowest BCUT2D eigenvalue weighted by molar-refractivity contribution is -0.120. The molecule has 2 N–H and O–H groups in total. The minimum Gasteiger partial charge on any atom is -0.478 e. The zero-order chi connectivity index (χ0) is 12.4. The van der Waals surface area contributed by atoms with Crippen molar-refractivity contribution in [1.82, 2.24) is 5.32 Å². The molecular formula is C11H10N2O4. The fourth-order valence-electron chi connectivity index (χ4n) is 1.62. The van der Waals surface area contributed by atoms with E-state index in [0.717, 1.165) is 0 Å². The molecular weight excluding hydrogens is 224 g/mol. The molecule has 0 aliphatic carbocycles. The number of amides is 3. The van der Waals surface area contributed by atoms with Crippen LogP contribution in [0.3, 0.4) is 0 Å². The maximum absolute atomic E-state index is 11.5. The van der Waals surface area contributed by atoms with Gasteiger partial charge in [0.15, 0.2) is 0 Å². The molecule has 1 aromatic rings. The summed E-state index contributed by atoms with van der Waals surface area (Å²) in [6.07, 6.45) is 0.211. The van der Waals surface area contributed by atoms with Gasteiger partial charge in [-0.05, 0) is 18.2 Å². The average molecular weight is 234 g/mol. The van der Waals surface area contributed by atoms with Gasteiger partial charge >= 0.3 is 12.0 Å². The molecule has 1 fully saturated rings. The van der Waals surface area contributed by atoms with Gasteiger partial charge in [-0.2, -0.15) is 0 Å². The highest BCUT2D eigenvalue weighted by atomic mass is 16.4. The Bertz CT molecular complexity index is 498. The standard InChI is InChI=1S/C11H10N2O4/c14-9-4-5-13(11(17)12-9)8-3-1-2-7(6-8)10(15)16/h1-3,6H,4-5H2,(H,15,16)(H,12,14,17). The summed E-state index contributed by atoms with van der Waals surface area (Å²) in [5.41, 5.74) is 0.571. The first-order valence-corrected chi connectivity index (χ1v) is 5.02. The summed E-state index contributed by atoms with van der Waals surface area (Å²) in [4.78, 5) is 34.6. The second-order valence-electron chi connectivity index (χ2n) is 3.61. The zero-order valence-corrected chi connectivity index (χ0v) is 8.84. The molecule has 0 spiro atoms. The first kappa shape index (κ1) is 11.1. The van der Waals surface area contributed by atoms with E-state index in [4.69, 9.17) is 5.11 Å². The number of hydrogen-bond donors (Lipinski definition) is 2.